The van der Waals surface area contributed by atoms with E-state index in [2.05, 4.69) is 5.32 Å². The highest BCUT2D eigenvalue weighted by atomic mass is 32.2. The van der Waals surface area contributed by atoms with Crippen molar-refractivity contribution in [3.8, 4) is 0 Å². The maximum absolute atomic E-state index is 12.7. The molecule has 0 amide bonds. The smallest absolute Gasteiger partial charge is 0.154 e. The van der Waals surface area contributed by atoms with Crippen molar-refractivity contribution in [1.82, 2.24) is 5.32 Å². The Morgan fingerprint density at radius 2 is 1.38 bits per heavy atom. The summed E-state index contributed by atoms with van der Waals surface area (Å²) in [4.78, 5) is 0. The predicted octanol–water partition coefficient (Wildman–Crippen LogP) is 3.93. The molecule has 0 saturated heterocycles. The Labute approximate surface area is 132 Å². The first-order valence-corrected chi connectivity index (χ1v) is 10.6. The van der Waals surface area contributed by atoms with Gasteiger partial charge in [0.2, 0.25) is 0 Å². The molecule has 0 heterocycles. The number of rotatable bonds is 4. The van der Waals surface area contributed by atoms with Crippen molar-refractivity contribution >= 4 is 9.84 Å². The minimum Gasteiger partial charge on any atom is -0.316 e. The van der Waals surface area contributed by atoms with Crippen LogP contribution in [0.2, 0.25) is 0 Å². The van der Waals surface area contributed by atoms with Crippen molar-refractivity contribution in [2.75, 3.05) is 12.8 Å². The van der Waals surface area contributed by atoms with E-state index in [1.165, 1.54) is 38.5 Å². The molecule has 0 radical (unpaired) electrons. The van der Waals surface area contributed by atoms with Gasteiger partial charge in [-0.25, -0.2) is 8.42 Å². The molecule has 3 nitrogen and oxygen atoms in total. The summed E-state index contributed by atoms with van der Waals surface area (Å²) in [6, 6.07) is 0.133. The first kappa shape index (κ1) is 19.0. The third kappa shape index (κ3) is 7.14. The van der Waals surface area contributed by atoms with E-state index in [-0.39, 0.29) is 17.2 Å². The number of sulfone groups is 1. The lowest BCUT2D eigenvalue weighted by Gasteiger charge is -2.28. The highest BCUT2D eigenvalue weighted by Gasteiger charge is 2.32. The van der Waals surface area contributed by atoms with Gasteiger partial charge in [-0.05, 0) is 25.8 Å². The van der Waals surface area contributed by atoms with Crippen molar-refractivity contribution < 1.29 is 8.42 Å². The molecule has 1 N–H and O–H groups in total. The summed E-state index contributed by atoms with van der Waals surface area (Å²) in [7, 11) is -1.07. The molecule has 0 spiro atoms. The van der Waals surface area contributed by atoms with Gasteiger partial charge >= 0.3 is 0 Å². The summed E-state index contributed by atoms with van der Waals surface area (Å²) in [6.45, 7) is 4.00. The first-order chi connectivity index (χ1) is 9.97. The van der Waals surface area contributed by atoms with Gasteiger partial charge < -0.3 is 5.32 Å². The summed E-state index contributed by atoms with van der Waals surface area (Å²) in [5.41, 5.74) is 0. The van der Waals surface area contributed by atoms with Crippen LogP contribution in [-0.4, -0.2) is 32.5 Å². The van der Waals surface area contributed by atoms with Crippen molar-refractivity contribution in [1.29, 1.82) is 0 Å². The molecule has 2 atom stereocenters. The Balaban J connectivity index is 2.79. The molecule has 1 rings (SSSR count). The second-order valence-corrected chi connectivity index (χ2v) is 9.33. The maximum atomic E-state index is 12.7. The van der Waals surface area contributed by atoms with E-state index in [0.29, 0.717) is 5.75 Å². The monoisotopic (exact) mass is 317 g/mol. The van der Waals surface area contributed by atoms with Crippen LogP contribution in [-0.2, 0) is 9.84 Å². The summed E-state index contributed by atoms with van der Waals surface area (Å²) in [5, 5.41) is 3.12. The zero-order valence-electron chi connectivity index (χ0n) is 14.2. The third-order valence-corrected chi connectivity index (χ3v) is 7.22. The molecule has 2 unspecified atom stereocenters. The number of nitrogens with one attached hydrogen (secondary N) is 1. The zero-order valence-corrected chi connectivity index (χ0v) is 15.1. The van der Waals surface area contributed by atoms with Crippen LogP contribution in [0.3, 0.4) is 0 Å². The molecule has 1 fully saturated rings. The minimum absolute atomic E-state index is 0.133. The van der Waals surface area contributed by atoms with Gasteiger partial charge in [-0.3, -0.25) is 0 Å². The average Bonchev–Trinajstić information content (AvgIpc) is 2.37. The molecule has 21 heavy (non-hydrogen) atoms. The Morgan fingerprint density at radius 1 is 0.905 bits per heavy atom. The van der Waals surface area contributed by atoms with Gasteiger partial charge in [0.25, 0.3) is 0 Å². The van der Waals surface area contributed by atoms with Crippen LogP contribution in [0.4, 0.5) is 0 Å². The quantitative estimate of drug-likeness (QED) is 0.854. The van der Waals surface area contributed by atoms with Crippen LogP contribution >= 0.6 is 0 Å². The molecule has 4 heteroatoms. The largest absolute Gasteiger partial charge is 0.316 e. The summed E-state index contributed by atoms with van der Waals surface area (Å²) in [6.07, 6.45) is 11.7. The Kier molecular flexibility index (Phi) is 8.88. The van der Waals surface area contributed by atoms with Crippen molar-refractivity contribution in [3.63, 3.8) is 0 Å². The Bertz CT molecular complexity index is 365. The van der Waals surface area contributed by atoms with Gasteiger partial charge in [0.15, 0.2) is 9.84 Å². The molecular formula is C17H35NO2S. The predicted molar refractivity (Wildman–Crippen MR) is 91.4 cm³/mol. The van der Waals surface area contributed by atoms with Crippen molar-refractivity contribution in [3.05, 3.63) is 0 Å². The fraction of sp³-hybridized carbons (Fsp3) is 1.00. The maximum Gasteiger partial charge on any atom is 0.154 e. The number of hydrogen-bond acceptors (Lipinski definition) is 3. The highest BCUT2D eigenvalue weighted by Crippen LogP contribution is 2.23. The van der Waals surface area contributed by atoms with Crippen molar-refractivity contribution in [2.24, 2.45) is 5.92 Å². The van der Waals surface area contributed by atoms with Crippen LogP contribution in [0.5, 0.6) is 0 Å². The van der Waals surface area contributed by atoms with Gasteiger partial charge in [-0.1, -0.05) is 65.2 Å². The normalized spacial score (nSPS) is 27.0. The fourth-order valence-electron chi connectivity index (χ4n) is 3.51. The summed E-state index contributed by atoms with van der Waals surface area (Å²) in [5.74, 6) is 0.546. The van der Waals surface area contributed by atoms with Crippen LogP contribution in [0.1, 0.15) is 78.1 Å². The van der Waals surface area contributed by atoms with Crippen molar-refractivity contribution in [2.45, 2.75) is 89.3 Å². The van der Waals surface area contributed by atoms with Gasteiger partial charge in [0, 0.05) is 6.04 Å². The topological polar surface area (TPSA) is 46.2 Å². The molecular weight excluding hydrogens is 282 g/mol. The van der Waals surface area contributed by atoms with Crippen LogP contribution in [0.15, 0.2) is 0 Å². The molecule has 0 aromatic heterocycles. The average molecular weight is 318 g/mol. The highest BCUT2D eigenvalue weighted by molar-refractivity contribution is 7.92. The first-order valence-electron chi connectivity index (χ1n) is 8.86. The van der Waals surface area contributed by atoms with E-state index >= 15 is 0 Å². The summed E-state index contributed by atoms with van der Waals surface area (Å²) >= 11 is 0. The van der Waals surface area contributed by atoms with Gasteiger partial charge in [0.1, 0.15) is 0 Å². The lowest BCUT2D eigenvalue weighted by Crippen LogP contribution is -2.44. The molecule has 0 aliphatic heterocycles. The molecule has 0 bridgehead atoms. The van der Waals surface area contributed by atoms with Gasteiger partial charge in [-0.15, -0.1) is 0 Å². The molecule has 1 aliphatic rings. The Hall–Kier alpha value is -0.0900. The SMILES string of the molecule is CNC1CCCCCCCCCCC1S(=O)(=O)CC(C)C. The molecule has 0 aromatic carbocycles. The van der Waals surface area contributed by atoms with E-state index in [4.69, 9.17) is 0 Å². The molecule has 1 saturated carbocycles. The zero-order chi connectivity index (χ0) is 15.7. The van der Waals surface area contributed by atoms with Crippen LogP contribution < -0.4 is 5.32 Å². The lowest BCUT2D eigenvalue weighted by atomic mass is 9.97. The summed E-state index contributed by atoms with van der Waals surface area (Å²) < 4.78 is 25.5. The standard InChI is InChI=1S/C17H35NO2S/c1-15(2)14-21(19,20)17-13-11-9-7-5-4-6-8-10-12-16(17)18-3/h15-18H,4-14H2,1-3H3. The molecule has 0 aromatic rings. The van der Waals surface area contributed by atoms with E-state index in [1.807, 2.05) is 20.9 Å². The van der Waals surface area contributed by atoms with E-state index in [1.54, 1.807) is 0 Å². The minimum atomic E-state index is -3.00. The molecule has 126 valence electrons. The van der Waals surface area contributed by atoms with Gasteiger partial charge in [-0.2, -0.15) is 0 Å². The van der Waals surface area contributed by atoms with E-state index in [9.17, 15) is 8.42 Å². The molecule has 1 aliphatic carbocycles. The van der Waals surface area contributed by atoms with Crippen LogP contribution in [0.25, 0.3) is 0 Å². The van der Waals surface area contributed by atoms with E-state index < -0.39 is 9.84 Å². The number of hydrogen-bond donors (Lipinski definition) is 1. The van der Waals surface area contributed by atoms with Gasteiger partial charge in [0.05, 0.1) is 11.0 Å². The third-order valence-electron chi connectivity index (χ3n) is 4.60. The van der Waals surface area contributed by atoms with Crippen LogP contribution in [0, 0.1) is 5.92 Å². The second-order valence-electron chi connectivity index (χ2n) is 7.06. The fourth-order valence-corrected chi connectivity index (χ4v) is 5.98. The lowest BCUT2D eigenvalue weighted by molar-refractivity contribution is 0.417. The second kappa shape index (κ2) is 9.83. The Morgan fingerprint density at radius 3 is 1.86 bits per heavy atom. The van der Waals surface area contributed by atoms with E-state index in [0.717, 1.165) is 25.7 Å².